The molecule has 0 aromatic carbocycles. The van der Waals surface area contributed by atoms with Gasteiger partial charge in [0.2, 0.25) is 0 Å². The van der Waals surface area contributed by atoms with E-state index in [2.05, 4.69) is 15.6 Å². The minimum atomic E-state index is -0.343. The maximum absolute atomic E-state index is 12.0. The van der Waals surface area contributed by atoms with Gasteiger partial charge in [0.05, 0.1) is 0 Å². The Kier molecular flexibility index (Phi) is 3.96. The molecule has 1 saturated carbocycles. The Labute approximate surface area is 116 Å². The van der Waals surface area contributed by atoms with Gasteiger partial charge in [-0.25, -0.2) is 4.98 Å². The van der Waals surface area contributed by atoms with Gasteiger partial charge in [-0.1, -0.05) is 25.2 Å². The lowest BCUT2D eigenvalue weighted by molar-refractivity contribution is 0.0915. The Bertz CT molecular complexity index is 468. The van der Waals surface area contributed by atoms with Crippen LogP contribution >= 0.6 is 11.3 Å². The summed E-state index contributed by atoms with van der Waals surface area (Å²) < 4.78 is 0. The summed E-state index contributed by atoms with van der Waals surface area (Å²) in [5, 5.41) is 15.8. The highest BCUT2D eigenvalue weighted by atomic mass is 32.1. The standard InChI is InChI=1S/C12H20N4O2S/c1-12(2,6-17)5-14-10(18)8-9(13)16-11(19-8)15-7-3-4-7/h7,17H,3-6,13H2,1-2H3,(H,14,18)(H,15,16). The predicted octanol–water partition coefficient (Wildman–Crippen LogP) is 1.05. The number of nitrogen functional groups attached to an aromatic ring is 1. The molecular formula is C12H20N4O2S. The zero-order valence-electron chi connectivity index (χ0n) is 11.2. The van der Waals surface area contributed by atoms with E-state index in [1.54, 1.807) is 0 Å². The molecule has 106 valence electrons. The van der Waals surface area contributed by atoms with Crippen molar-refractivity contribution in [1.29, 1.82) is 0 Å². The number of aliphatic hydroxyl groups is 1. The third-order valence-electron chi connectivity index (χ3n) is 2.92. The van der Waals surface area contributed by atoms with Gasteiger partial charge in [0, 0.05) is 24.6 Å². The van der Waals surface area contributed by atoms with E-state index >= 15 is 0 Å². The summed E-state index contributed by atoms with van der Waals surface area (Å²) in [6.45, 7) is 4.16. The largest absolute Gasteiger partial charge is 0.396 e. The molecule has 0 spiro atoms. The molecule has 7 heteroatoms. The van der Waals surface area contributed by atoms with Gasteiger partial charge in [0.25, 0.3) is 5.91 Å². The molecule has 0 radical (unpaired) electrons. The van der Waals surface area contributed by atoms with Crippen LogP contribution in [-0.2, 0) is 0 Å². The topological polar surface area (TPSA) is 100 Å². The molecule has 1 heterocycles. The van der Waals surface area contributed by atoms with Crippen molar-refractivity contribution in [1.82, 2.24) is 10.3 Å². The van der Waals surface area contributed by atoms with Crippen LogP contribution in [0.25, 0.3) is 0 Å². The number of carbonyl (C=O) groups is 1. The number of nitrogens with one attached hydrogen (secondary N) is 2. The highest BCUT2D eigenvalue weighted by molar-refractivity contribution is 7.18. The molecule has 1 aromatic heterocycles. The number of carbonyl (C=O) groups excluding carboxylic acids is 1. The monoisotopic (exact) mass is 284 g/mol. The van der Waals surface area contributed by atoms with Crippen LogP contribution < -0.4 is 16.4 Å². The first-order valence-electron chi connectivity index (χ1n) is 6.33. The first kappa shape index (κ1) is 14.1. The van der Waals surface area contributed by atoms with Gasteiger partial charge >= 0.3 is 0 Å². The summed E-state index contributed by atoms with van der Waals surface area (Å²) in [7, 11) is 0. The van der Waals surface area contributed by atoms with E-state index in [1.165, 1.54) is 11.3 Å². The lowest BCUT2D eigenvalue weighted by Gasteiger charge is -2.21. The van der Waals surface area contributed by atoms with Crippen molar-refractivity contribution in [3.8, 4) is 0 Å². The van der Waals surface area contributed by atoms with E-state index in [0.717, 1.165) is 12.8 Å². The smallest absolute Gasteiger partial charge is 0.265 e. The fourth-order valence-electron chi connectivity index (χ4n) is 1.41. The predicted molar refractivity (Wildman–Crippen MR) is 76.4 cm³/mol. The lowest BCUT2D eigenvalue weighted by atomic mass is 9.95. The second kappa shape index (κ2) is 5.34. The fourth-order valence-corrected chi connectivity index (χ4v) is 2.29. The number of aliphatic hydroxyl groups excluding tert-OH is 1. The number of nitrogens with zero attached hydrogens (tertiary/aromatic N) is 1. The molecule has 5 N–H and O–H groups in total. The van der Waals surface area contributed by atoms with Crippen LogP contribution in [0.15, 0.2) is 0 Å². The number of hydrogen-bond acceptors (Lipinski definition) is 6. The Morgan fingerprint density at radius 2 is 2.26 bits per heavy atom. The zero-order chi connectivity index (χ0) is 14.0. The Balaban J connectivity index is 1.96. The van der Waals surface area contributed by atoms with Crippen molar-refractivity contribution in [3.05, 3.63) is 4.88 Å². The SMILES string of the molecule is CC(C)(CO)CNC(=O)c1sc(NC2CC2)nc1N. The van der Waals surface area contributed by atoms with Crippen molar-refractivity contribution in [2.75, 3.05) is 24.2 Å². The molecular weight excluding hydrogens is 264 g/mol. The van der Waals surface area contributed by atoms with Crippen LogP contribution in [-0.4, -0.2) is 35.2 Å². The summed E-state index contributed by atoms with van der Waals surface area (Å²) in [5.41, 5.74) is 5.42. The first-order chi connectivity index (χ1) is 8.91. The average molecular weight is 284 g/mol. The third kappa shape index (κ3) is 3.81. The van der Waals surface area contributed by atoms with E-state index in [-0.39, 0.29) is 23.7 Å². The van der Waals surface area contributed by atoms with Gasteiger partial charge < -0.3 is 21.5 Å². The molecule has 1 aliphatic rings. The molecule has 0 atom stereocenters. The molecule has 1 aliphatic carbocycles. The van der Waals surface area contributed by atoms with Crippen molar-refractivity contribution in [2.45, 2.75) is 32.7 Å². The fraction of sp³-hybridized carbons (Fsp3) is 0.667. The third-order valence-corrected chi connectivity index (χ3v) is 3.92. The minimum absolute atomic E-state index is 0.0138. The van der Waals surface area contributed by atoms with E-state index in [4.69, 9.17) is 10.8 Å². The van der Waals surface area contributed by atoms with Crippen LogP contribution in [0.5, 0.6) is 0 Å². The van der Waals surface area contributed by atoms with Crippen molar-refractivity contribution in [3.63, 3.8) is 0 Å². The van der Waals surface area contributed by atoms with Gasteiger partial charge in [0.15, 0.2) is 5.13 Å². The number of anilines is 2. The van der Waals surface area contributed by atoms with Gasteiger partial charge in [-0.15, -0.1) is 0 Å². The Hall–Kier alpha value is -1.34. The van der Waals surface area contributed by atoms with Crippen molar-refractivity contribution >= 4 is 28.2 Å². The summed E-state index contributed by atoms with van der Waals surface area (Å²) in [6, 6.07) is 0.481. The average Bonchev–Trinajstić information content (AvgIpc) is 3.09. The zero-order valence-corrected chi connectivity index (χ0v) is 12.0. The van der Waals surface area contributed by atoms with Crippen LogP contribution in [0.2, 0.25) is 0 Å². The second-order valence-electron chi connectivity index (χ2n) is 5.66. The molecule has 1 amide bonds. The first-order valence-corrected chi connectivity index (χ1v) is 7.15. The normalized spacial score (nSPS) is 15.3. The number of hydrogen-bond donors (Lipinski definition) is 4. The van der Waals surface area contributed by atoms with Gasteiger partial charge in [-0.2, -0.15) is 0 Å². The summed E-state index contributed by atoms with van der Waals surface area (Å²) in [6.07, 6.45) is 2.29. The number of nitrogens with two attached hydrogens (primary N) is 1. The molecule has 0 unspecified atom stereocenters. The van der Waals surface area contributed by atoms with Crippen LogP contribution in [0.1, 0.15) is 36.4 Å². The van der Waals surface area contributed by atoms with Gasteiger partial charge in [-0.3, -0.25) is 4.79 Å². The van der Waals surface area contributed by atoms with Crippen LogP contribution in [0.4, 0.5) is 10.9 Å². The minimum Gasteiger partial charge on any atom is -0.396 e. The number of aromatic nitrogens is 1. The van der Waals surface area contributed by atoms with Gasteiger partial charge in [-0.05, 0) is 12.8 Å². The van der Waals surface area contributed by atoms with Crippen LogP contribution in [0, 0.1) is 5.41 Å². The van der Waals surface area contributed by atoms with E-state index in [1.807, 2.05) is 13.8 Å². The van der Waals surface area contributed by atoms with Crippen molar-refractivity contribution < 1.29 is 9.90 Å². The van der Waals surface area contributed by atoms with E-state index in [9.17, 15) is 4.79 Å². The highest BCUT2D eigenvalue weighted by Gasteiger charge is 2.25. The molecule has 19 heavy (non-hydrogen) atoms. The lowest BCUT2D eigenvalue weighted by Crippen LogP contribution is -2.36. The second-order valence-corrected chi connectivity index (χ2v) is 6.66. The van der Waals surface area contributed by atoms with E-state index in [0.29, 0.717) is 22.6 Å². The highest BCUT2D eigenvalue weighted by Crippen LogP contribution is 2.30. The summed E-state index contributed by atoms with van der Waals surface area (Å²) >= 11 is 1.27. The molecule has 0 bridgehead atoms. The number of rotatable bonds is 6. The molecule has 2 rings (SSSR count). The van der Waals surface area contributed by atoms with Crippen molar-refractivity contribution in [2.24, 2.45) is 5.41 Å². The Morgan fingerprint density at radius 1 is 1.58 bits per heavy atom. The number of amides is 1. The molecule has 0 saturated heterocycles. The summed E-state index contributed by atoms with van der Waals surface area (Å²) in [4.78, 5) is 16.6. The van der Waals surface area contributed by atoms with Gasteiger partial charge in [0.1, 0.15) is 10.7 Å². The Morgan fingerprint density at radius 3 is 2.84 bits per heavy atom. The van der Waals surface area contributed by atoms with Crippen LogP contribution in [0.3, 0.4) is 0 Å². The van der Waals surface area contributed by atoms with E-state index < -0.39 is 0 Å². The quantitative estimate of drug-likeness (QED) is 0.625. The number of thiazole rings is 1. The molecule has 1 aromatic rings. The summed E-state index contributed by atoms with van der Waals surface area (Å²) in [5.74, 6) is 0.0211. The maximum atomic E-state index is 12.0. The molecule has 0 aliphatic heterocycles. The molecule has 1 fully saturated rings. The maximum Gasteiger partial charge on any atom is 0.265 e. The molecule has 6 nitrogen and oxygen atoms in total.